The predicted octanol–water partition coefficient (Wildman–Crippen LogP) is 5.43. The van der Waals surface area contributed by atoms with E-state index in [1.807, 2.05) is 6.92 Å². The van der Waals surface area contributed by atoms with E-state index in [1.165, 1.54) is 6.07 Å². The lowest BCUT2D eigenvalue weighted by atomic mass is 10.1. The summed E-state index contributed by atoms with van der Waals surface area (Å²) in [7, 11) is 0. The number of fused-ring (bicyclic) bond motifs is 1. The van der Waals surface area contributed by atoms with Gasteiger partial charge in [0, 0.05) is 5.56 Å². The lowest BCUT2D eigenvalue weighted by Gasteiger charge is -2.16. The number of anilines is 2. The summed E-state index contributed by atoms with van der Waals surface area (Å²) in [5, 5.41) is 5.70. The lowest BCUT2D eigenvalue weighted by molar-refractivity contribution is 0.0923. The predicted molar refractivity (Wildman–Crippen MR) is 138 cm³/mol. The van der Waals surface area contributed by atoms with Crippen LogP contribution in [0.4, 0.5) is 11.4 Å². The first-order valence-corrected chi connectivity index (χ1v) is 11.7. The molecule has 0 fully saturated rings. The van der Waals surface area contributed by atoms with E-state index in [0.717, 1.165) is 4.90 Å². The second-order valence-corrected chi connectivity index (χ2v) is 8.81. The number of nitrogens with one attached hydrogen (secondary N) is 2. The van der Waals surface area contributed by atoms with Gasteiger partial charge in [-0.25, -0.2) is 4.90 Å². The number of thiocarbonyl (C=S) groups is 1. The van der Waals surface area contributed by atoms with Crippen LogP contribution >= 0.6 is 39.7 Å². The van der Waals surface area contributed by atoms with Crippen LogP contribution < -0.4 is 20.3 Å². The van der Waals surface area contributed by atoms with Crippen LogP contribution in [0.3, 0.4) is 0 Å². The van der Waals surface area contributed by atoms with Gasteiger partial charge in [-0.05, 0) is 83.6 Å². The van der Waals surface area contributed by atoms with Gasteiger partial charge in [-0.1, -0.05) is 23.7 Å². The van der Waals surface area contributed by atoms with Crippen molar-refractivity contribution in [1.29, 1.82) is 0 Å². The van der Waals surface area contributed by atoms with Crippen molar-refractivity contribution in [2.24, 2.45) is 0 Å². The molecule has 172 valence electrons. The number of amides is 3. The number of rotatable bonds is 5. The number of carbonyl (C=O) groups is 3. The molecule has 0 saturated heterocycles. The van der Waals surface area contributed by atoms with E-state index in [9.17, 15) is 14.4 Å². The van der Waals surface area contributed by atoms with E-state index in [4.69, 9.17) is 28.6 Å². The molecule has 10 heteroatoms. The number of ether oxygens (including phenoxy) is 1. The molecule has 7 nitrogen and oxygen atoms in total. The molecular formula is C24H17BrClN3O4S. The summed E-state index contributed by atoms with van der Waals surface area (Å²) < 4.78 is 6.09. The second-order valence-electron chi connectivity index (χ2n) is 7.14. The van der Waals surface area contributed by atoms with Crippen LogP contribution in [-0.4, -0.2) is 29.4 Å². The maximum atomic E-state index is 12.7. The van der Waals surface area contributed by atoms with Gasteiger partial charge >= 0.3 is 0 Å². The summed E-state index contributed by atoms with van der Waals surface area (Å²) in [5.41, 5.74) is 1.80. The number of benzene rings is 3. The molecule has 0 radical (unpaired) electrons. The van der Waals surface area contributed by atoms with Crippen molar-refractivity contribution in [3.05, 3.63) is 86.8 Å². The van der Waals surface area contributed by atoms with Gasteiger partial charge in [-0.3, -0.25) is 19.7 Å². The summed E-state index contributed by atoms with van der Waals surface area (Å²) in [6.07, 6.45) is 0. The molecule has 3 aromatic carbocycles. The molecule has 1 heterocycles. The van der Waals surface area contributed by atoms with E-state index in [1.54, 1.807) is 54.6 Å². The first kappa shape index (κ1) is 23.9. The van der Waals surface area contributed by atoms with Gasteiger partial charge in [0.05, 0.1) is 38.6 Å². The average Bonchev–Trinajstić information content (AvgIpc) is 3.07. The molecule has 0 spiro atoms. The second kappa shape index (κ2) is 9.92. The molecule has 1 aliphatic heterocycles. The topological polar surface area (TPSA) is 87.7 Å². The minimum atomic E-state index is -0.417. The molecule has 0 aliphatic carbocycles. The van der Waals surface area contributed by atoms with Crippen LogP contribution in [0.5, 0.6) is 5.75 Å². The molecule has 1 aliphatic rings. The van der Waals surface area contributed by atoms with Gasteiger partial charge in [0.15, 0.2) is 5.11 Å². The molecule has 3 amide bonds. The number of hydrogen-bond donors (Lipinski definition) is 2. The Kier molecular flexibility index (Phi) is 6.97. The zero-order chi connectivity index (χ0) is 24.4. The Labute approximate surface area is 214 Å². The smallest absolute Gasteiger partial charge is 0.266 e. The largest absolute Gasteiger partial charge is 0.493 e. The summed E-state index contributed by atoms with van der Waals surface area (Å²) in [4.78, 5) is 39.0. The van der Waals surface area contributed by atoms with Crippen LogP contribution in [0, 0.1) is 0 Å². The quantitative estimate of drug-likeness (QED) is 0.321. The molecule has 4 rings (SSSR count). The van der Waals surface area contributed by atoms with Crippen LogP contribution in [0.2, 0.25) is 5.02 Å². The number of imide groups is 1. The summed E-state index contributed by atoms with van der Waals surface area (Å²) in [6, 6.07) is 16.2. The standard InChI is InChI=1S/C24H17BrClN3O4S/c1-2-33-20-10-7-13(11-17(20)25)21(30)28-24(34)27-19-9-8-14(12-18(19)26)29-22(31)15-5-3-4-6-16(15)23(29)32/h3-12H,2H2,1H3,(H2,27,28,30,34). The first-order valence-electron chi connectivity index (χ1n) is 10.1. The Hall–Kier alpha value is -3.27. The highest BCUT2D eigenvalue weighted by molar-refractivity contribution is 9.10. The zero-order valence-electron chi connectivity index (χ0n) is 17.7. The number of halogens is 2. The van der Waals surface area contributed by atoms with Crippen molar-refractivity contribution in [2.75, 3.05) is 16.8 Å². The van der Waals surface area contributed by atoms with Crippen LogP contribution in [0.15, 0.2) is 65.1 Å². The van der Waals surface area contributed by atoms with Crippen molar-refractivity contribution < 1.29 is 19.1 Å². The minimum Gasteiger partial charge on any atom is -0.493 e. The molecule has 0 unspecified atom stereocenters. The summed E-state index contributed by atoms with van der Waals surface area (Å²) in [6.45, 7) is 2.37. The Morgan fingerprint density at radius 3 is 2.32 bits per heavy atom. The van der Waals surface area contributed by atoms with Gasteiger partial charge in [-0.2, -0.15) is 0 Å². The minimum absolute atomic E-state index is 0.0328. The molecule has 0 bridgehead atoms. The number of nitrogens with zero attached hydrogens (tertiary/aromatic N) is 1. The molecular weight excluding hydrogens is 542 g/mol. The summed E-state index contributed by atoms with van der Waals surface area (Å²) >= 11 is 15.0. The highest BCUT2D eigenvalue weighted by Crippen LogP contribution is 2.33. The zero-order valence-corrected chi connectivity index (χ0v) is 20.9. The van der Waals surface area contributed by atoms with E-state index in [0.29, 0.717) is 44.9 Å². The normalized spacial score (nSPS) is 12.4. The van der Waals surface area contributed by atoms with Crippen molar-refractivity contribution >= 4 is 74.0 Å². The first-order chi connectivity index (χ1) is 16.3. The van der Waals surface area contributed by atoms with Gasteiger partial charge in [0.1, 0.15) is 5.75 Å². The molecule has 0 aromatic heterocycles. The molecule has 34 heavy (non-hydrogen) atoms. The fourth-order valence-electron chi connectivity index (χ4n) is 3.41. The van der Waals surface area contributed by atoms with Gasteiger partial charge in [0.25, 0.3) is 17.7 Å². The fourth-order valence-corrected chi connectivity index (χ4v) is 4.33. The van der Waals surface area contributed by atoms with Crippen LogP contribution in [-0.2, 0) is 0 Å². The highest BCUT2D eigenvalue weighted by Gasteiger charge is 2.36. The molecule has 3 aromatic rings. The average molecular weight is 559 g/mol. The van der Waals surface area contributed by atoms with E-state index in [-0.39, 0.29) is 10.1 Å². The van der Waals surface area contributed by atoms with Gasteiger partial charge in [0.2, 0.25) is 0 Å². The lowest BCUT2D eigenvalue weighted by Crippen LogP contribution is -2.34. The third-order valence-corrected chi connectivity index (χ3v) is 6.11. The van der Waals surface area contributed by atoms with Crippen molar-refractivity contribution in [3.63, 3.8) is 0 Å². The number of hydrogen-bond acceptors (Lipinski definition) is 5. The Bertz CT molecular complexity index is 1310. The SMILES string of the molecule is CCOc1ccc(C(=O)NC(=S)Nc2ccc(N3C(=O)c4ccccc4C3=O)cc2Cl)cc1Br. The maximum Gasteiger partial charge on any atom is 0.266 e. The highest BCUT2D eigenvalue weighted by atomic mass is 79.9. The van der Waals surface area contributed by atoms with Gasteiger partial charge < -0.3 is 10.1 Å². The molecule has 2 N–H and O–H groups in total. The van der Waals surface area contributed by atoms with Crippen molar-refractivity contribution in [3.8, 4) is 5.75 Å². The van der Waals surface area contributed by atoms with E-state index in [2.05, 4.69) is 26.6 Å². The maximum absolute atomic E-state index is 12.7. The monoisotopic (exact) mass is 557 g/mol. The Morgan fingerprint density at radius 2 is 1.74 bits per heavy atom. The fraction of sp³-hybridized carbons (Fsp3) is 0.0833. The molecule has 0 saturated carbocycles. The Morgan fingerprint density at radius 1 is 1.06 bits per heavy atom. The summed E-state index contributed by atoms with van der Waals surface area (Å²) in [5.74, 6) is -0.618. The van der Waals surface area contributed by atoms with Crippen molar-refractivity contribution in [2.45, 2.75) is 6.92 Å². The van der Waals surface area contributed by atoms with Crippen molar-refractivity contribution in [1.82, 2.24) is 5.32 Å². The van der Waals surface area contributed by atoms with Crippen LogP contribution in [0.1, 0.15) is 38.0 Å². The van der Waals surface area contributed by atoms with E-state index >= 15 is 0 Å². The Balaban J connectivity index is 1.45. The third-order valence-electron chi connectivity index (χ3n) is 4.97. The van der Waals surface area contributed by atoms with E-state index < -0.39 is 17.7 Å². The van der Waals surface area contributed by atoms with Gasteiger partial charge in [-0.15, -0.1) is 0 Å². The number of carbonyl (C=O) groups excluding carboxylic acids is 3. The van der Waals surface area contributed by atoms with Crippen LogP contribution in [0.25, 0.3) is 0 Å². The third kappa shape index (κ3) is 4.68. The molecule has 0 atom stereocenters.